The molecule has 2 aromatic rings. The van der Waals surface area contributed by atoms with Gasteiger partial charge in [0, 0.05) is 46.7 Å². The van der Waals surface area contributed by atoms with Gasteiger partial charge in [0.2, 0.25) is 0 Å². The number of ketones is 1. The summed E-state index contributed by atoms with van der Waals surface area (Å²) in [6.45, 7) is 4.66. The van der Waals surface area contributed by atoms with Gasteiger partial charge >= 0.3 is 11.9 Å². The van der Waals surface area contributed by atoms with Gasteiger partial charge < -0.3 is 19.5 Å². The molecule has 8 heteroatoms. The van der Waals surface area contributed by atoms with Crippen molar-refractivity contribution >= 4 is 29.1 Å². The maximum Gasteiger partial charge on any atom is 0.337 e. The molecule has 1 aromatic heterocycles. The van der Waals surface area contributed by atoms with Crippen LogP contribution in [0.25, 0.3) is 0 Å². The van der Waals surface area contributed by atoms with E-state index < -0.39 is 17.9 Å². The average Bonchev–Trinajstić information content (AvgIpc) is 3.40. The summed E-state index contributed by atoms with van der Waals surface area (Å²) in [5.41, 5.74) is 3.62. The first kappa shape index (κ1) is 24.9. The van der Waals surface area contributed by atoms with Crippen molar-refractivity contribution in [2.24, 2.45) is 0 Å². The molecule has 0 saturated heterocycles. The Kier molecular flexibility index (Phi) is 7.83. The fourth-order valence-corrected chi connectivity index (χ4v) is 5.54. The molecular weight excluding hydrogens is 466 g/mol. The van der Waals surface area contributed by atoms with Crippen molar-refractivity contribution in [1.82, 2.24) is 5.32 Å². The zero-order valence-corrected chi connectivity index (χ0v) is 20.9. The number of carbonyl (C=O) groups is 3. The molecule has 0 fully saturated rings. The summed E-state index contributed by atoms with van der Waals surface area (Å²) in [6.07, 6.45) is 1.06. The van der Waals surface area contributed by atoms with Gasteiger partial charge in [0.05, 0.1) is 24.9 Å². The molecule has 2 heterocycles. The number of hydrogen-bond acceptors (Lipinski definition) is 8. The molecule has 1 N–H and O–H groups in total. The third kappa shape index (κ3) is 5.23. The zero-order chi connectivity index (χ0) is 24.9. The lowest BCUT2D eigenvalue weighted by molar-refractivity contribution is -0.140. The van der Waals surface area contributed by atoms with Crippen LogP contribution in [0.4, 0.5) is 0 Å². The van der Waals surface area contributed by atoms with Crippen LogP contribution in [-0.4, -0.2) is 44.7 Å². The summed E-state index contributed by atoms with van der Waals surface area (Å²) in [7, 11) is 1.33. The van der Waals surface area contributed by atoms with Crippen LogP contribution >= 0.6 is 11.3 Å². The number of ether oxygens (including phenoxy) is 3. The van der Waals surface area contributed by atoms with Gasteiger partial charge in [-0.2, -0.15) is 0 Å². The molecule has 0 radical (unpaired) electrons. The standard InChI is InChI=1S/C27H29NO6S/c1-4-33-11-12-34-27(31)23-16(2)28-20-14-19(22-6-5-13-35-22)15-21(29)25(20)24(23)17-7-9-18(10-8-17)26(30)32-3/h5-10,13,19,24,28H,4,11-12,14-15H2,1-3H3/t19-,24-/m1/s1. The highest BCUT2D eigenvalue weighted by Crippen LogP contribution is 2.46. The normalized spacial score (nSPS) is 19.8. The number of rotatable bonds is 8. The fraction of sp³-hybridized carbons (Fsp3) is 0.370. The smallest absolute Gasteiger partial charge is 0.337 e. The molecule has 1 aromatic carbocycles. The number of Topliss-reactive ketones (excluding diaryl/α,β-unsaturated/α-hetero) is 1. The molecule has 1 aliphatic carbocycles. The minimum Gasteiger partial charge on any atom is -0.465 e. The molecule has 2 aliphatic rings. The summed E-state index contributed by atoms with van der Waals surface area (Å²) >= 11 is 1.65. The maximum absolute atomic E-state index is 13.6. The van der Waals surface area contributed by atoms with E-state index in [0.717, 1.165) is 11.3 Å². The number of nitrogens with one attached hydrogen (secondary N) is 1. The molecule has 4 rings (SSSR count). The Labute approximate surface area is 208 Å². The van der Waals surface area contributed by atoms with Crippen LogP contribution in [0.5, 0.6) is 0 Å². The zero-order valence-electron chi connectivity index (χ0n) is 20.1. The van der Waals surface area contributed by atoms with Crippen molar-refractivity contribution in [1.29, 1.82) is 0 Å². The monoisotopic (exact) mass is 495 g/mol. The van der Waals surface area contributed by atoms with Gasteiger partial charge in [-0.1, -0.05) is 18.2 Å². The molecule has 0 amide bonds. The first-order chi connectivity index (χ1) is 16.9. The second-order valence-electron chi connectivity index (χ2n) is 8.48. The van der Waals surface area contributed by atoms with E-state index >= 15 is 0 Å². The Balaban J connectivity index is 1.72. The number of hydrogen-bond donors (Lipinski definition) is 1. The van der Waals surface area contributed by atoms with E-state index in [9.17, 15) is 14.4 Å². The average molecular weight is 496 g/mol. The molecule has 0 saturated carbocycles. The van der Waals surface area contributed by atoms with E-state index in [4.69, 9.17) is 14.2 Å². The molecule has 0 bridgehead atoms. The van der Waals surface area contributed by atoms with Gasteiger partial charge in [-0.3, -0.25) is 4.79 Å². The van der Waals surface area contributed by atoms with Crippen LogP contribution in [0.15, 0.2) is 64.3 Å². The lowest BCUT2D eigenvalue weighted by atomic mass is 9.72. The van der Waals surface area contributed by atoms with E-state index in [2.05, 4.69) is 11.4 Å². The van der Waals surface area contributed by atoms with Crippen molar-refractivity contribution in [2.75, 3.05) is 26.9 Å². The minimum atomic E-state index is -0.589. The summed E-state index contributed by atoms with van der Waals surface area (Å²) in [5.74, 6) is -1.42. The molecule has 184 valence electrons. The van der Waals surface area contributed by atoms with Crippen LogP contribution in [0.3, 0.4) is 0 Å². The van der Waals surface area contributed by atoms with Crippen molar-refractivity contribution in [3.8, 4) is 0 Å². The molecule has 7 nitrogen and oxygen atoms in total. The van der Waals surface area contributed by atoms with Gasteiger partial charge in [-0.25, -0.2) is 9.59 Å². The first-order valence-electron chi connectivity index (χ1n) is 11.6. The van der Waals surface area contributed by atoms with Crippen LogP contribution < -0.4 is 5.32 Å². The minimum absolute atomic E-state index is 0.00584. The third-order valence-corrected chi connectivity index (χ3v) is 7.36. The number of esters is 2. The molecule has 1 aliphatic heterocycles. The summed E-state index contributed by atoms with van der Waals surface area (Å²) < 4.78 is 15.6. The van der Waals surface area contributed by atoms with Gasteiger partial charge in [-0.05, 0) is 49.4 Å². The molecule has 0 unspecified atom stereocenters. The second kappa shape index (κ2) is 11.0. The van der Waals surface area contributed by atoms with Crippen molar-refractivity contribution in [3.05, 3.63) is 80.3 Å². The van der Waals surface area contributed by atoms with Crippen molar-refractivity contribution in [3.63, 3.8) is 0 Å². The topological polar surface area (TPSA) is 90.9 Å². The highest BCUT2D eigenvalue weighted by Gasteiger charge is 2.41. The lowest BCUT2D eigenvalue weighted by Crippen LogP contribution is -2.36. The Hall–Kier alpha value is -3.23. The second-order valence-corrected chi connectivity index (χ2v) is 9.46. The largest absolute Gasteiger partial charge is 0.465 e. The lowest BCUT2D eigenvalue weighted by Gasteiger charge is -2.36. The number of carbonyl (C=O) groups excluding carboxylic acids is 3. The van der Waals surface area contributed by atoms with E-state index in [-0.39, 0.29) is 18.3 Å². The van der Waals surface area contributed by atoms with Gasteiger partial charge in [0.15, 0.2) is 5.78 Å². The molecular formula is C27H29NO6S. The Morgan fingerprint density at radius 2 is 1.86 bits per heavy atom. The van der Waals surface area contributed by atoms with Crippen LogP contribution in [-0.2, 0) is 23.8 Å². The number of thiophene rings is 1. The van der Waals surface area contributed by atoms with E-state index in [1.165, 1.54) is 12.0 Å². The Morgan fingerprint density at radius 3 is 2.51 bits per heavy atom. The van der Waals surface area contributed by atoms with Crippen LogP contribution in [0, 0.1) is 0 Å². The Morgan fingerprint density at radius 1 is 1.09 bits per heavy atom. The number of allylic oxidation sites excluding steroid dienone is 3. The highest BCUT2D eigenvalue weighted by molar-refractivity contribution is 7.10. The van der Waals surface area contributed by atoms with E-state index in [0.29, 0.717) is 48.5 Å². The maximum atomic E-state index is 13.6. The van der Waals surface area contributed by atoms with Crippen LogP contribution in [0.2, 0.25) is 0 Å². The predicted octanol–water partition coefficient (Wildman–Crippen LogP) is 4.48. The third-order valence-electron chi connectivity index (χ3n) is 6.32. The molecule has 35 heavy (non-hydrogen) atoms. The van der Waals surface area contributed by atoms with Gasteiger partial charge in [0.1, 0.15) is 6.61 Å². The van der Waals surface area contributed by atoms with Gasteiger partial charge in [0.25, 0.3) is 0 Å². The van der Waals surface area contributed by atoms with Gasteiger partial charge in [-0.15, -0.1) is 11.3 Å². The fourth-order valence-electron chi connectivity index (χ4n) is 4.71. The van der Waals surface area contributed by atoms with Crippen molar-refractivity contribution in [2.45, 2.75) is 38.5 Å². The first-order valence-corrected chi connectivity index (χ1v) is 12.5. The molecule has 2 atom stereocenters. The quantitative estimate of drug-likeness (QED) is 0.427. The summed E-state index contributed by atoms with van der Waals surface area (Å²) in [6, 6.07) is 10.9. The van der Waals surface area contributed by atoms with Crippen LogP contribution in [0.1, 0.15) is 59.3 Å². The summed E-state index contributed by atoms with van der Waals surface area (Å²) in [4.78, 5) is 39.9. The van der Waals surface area contributed by atoms with Crippen molar-refractivity contribution < 1.29 is 28.6 Å². The molecule has 0 spiro atoms. The highest BCUT2D eigenvalue weighted by atomic mass is 32.1. The number of benzene rings is 1. The van der Waals surface area contributed by atoms with E-state index in [1.54, 1.807) is 35.6 Å². The number of methoxy groups -OCH3 is 1. The SMILES string of the molecule is CCOCCOC(=O)C1=C(C)NC2=C(C(=O)C[C@H](c3cccs3)C2)[C@@H]1c1ccc(C(=O)OC)cc1. The Bertz CT molecular complexity index is 1160. The number of dihydropyridines is 1. The predicted molar refractivity (Wildman–Crippen MR) is 132 cm³/mol. The van der Waals surface area contributed by atoms with E-state index in [1.807, 2.05) is 25.3 Å². The summed E-state index contributed by atoms with van der Waals surface area (Å²) in [5, 5.41) is 5.37.